The van der Waals surface area contributed by atoms with Crippen molar-refractivity contribution in [2.45, 2.75) is 67.7 Å². The number of ether oxygens (including phenoxy) is 2. The van der Waals surface area contributed by atoms with Crippen molar-refractivity contribution in [2.75, 3.05) is 37.8 Å². The first-order valence-corrected chi connectivity index (χ1v) is 20.7. The number of aliphatic hydroxyl groups excluding tert-OH is 3. The third kappa shape index (κ3) is 15.0. The molecule has 9 atom stereocenters. The zero-order chi connectivity index (χ0) is 43.1. The fourth-order valence-corrected chi connectivity index (χ4v) is 7.92. The molecule has 2 heterocycles. The molecule has 2 fully saturated rings. The number of nitrogens with two attached hydrogens (primary N) is 2. The number of aromatic hydroxyl groups is 1. The Hall–Kier alpha value is -5.01. The Morgan fingerprint density at radius 2 is 1.59 bits per heavy atom. The summed E-state index contributed by atoms with van der Waals surface area (Å²) in [6, 6.07) is 8.09. The smallest absolute Gasteiger partial charge is 0.245 e. The van der Waals surface area contributed by atoms with Gasteiger partial charge in [0, 0.05) is 17.9 Å². The lowest BCUT2D eigenvalue weighted by Crippen LogP contribution is -2.60. The van der Waals surface area contributed by atoms with Crippen LogP contribution >= 0.6 is 21.6 Å². The van der Waals surface area contributed by atoms with E-state index in [4.69, 9.17) is 20.9 Å². The third-order valence-electron chi connectivity index (χ3n) is 8.86. The molecule has 2 aliphatic heterocycles. The van der Waals surface area contributed by atoms with Crippen LogP contribution in [0, 0.1) is 0 Å². The zero-order valence-electron chi connectivity index (χ0n) is 31.5. The molecule has 2 aliphatic rings. The highest BCUT2D eigenvalue weighted by Crippen LogP contribution is 2.24. The molecule has 0 radical (unpaired) electrons. The molecule has 2 aromatic carbocycles. The molecular formula is C36H48N8O13S2. The lowest BCUT2D eigenvalue weighted by molar-refractivity contribution is -0.270. The third-order valence-corrected chi connectivity index (χ3v) is 11.3. The van der Waals surface area contributed by atoms with Crippen molar-refractivity contribution in [3.63, 3.8) is 0 Å². The summed E-state index contributed by atoms with van der Waals surface area (Å²) in [7, 11) is 2.07. The van der Waals surface area contributed by atoms with Crippen LogP contribution in [0.4, 0.5) is 0 Å². The normalized spacial score (nSPS) is 25.4. The van der Waals surface area contributed by atoms with Gasteiger partial charge in [0.1, 0.15) is 48.2 Å². The van der Waals surface area contributed by atoms with Gasteiger partial charge in [-0.3, -0.25) is 33.6 Å². The molecule has 0 bridgehead atoms. The minimum absolute atomic E-state index is 0.0289. The molecule has 59 heavy (non-hydrogen) atoms. The second kappa shape index (κ2) is 23.0. The molecule has 0 aliphatic carbocycles. The summed E-state index contributed by atoms with van der Waals surface area (Å²) >= 11 is 0. The van der Waals surface area contributed by atoms with Gasteiger partial charge in [-0.2, -0.15) is 0 Å². The average molecular weight is 865 g/mol. The fraction of sp³-hybridized carbons (Fsp3) is 0.472. The van der Waals surface area contributed by atoms with E-state index >= 15 is 0 Å². The Labute approximate surface area is 345 Å². The number of phenols is 1. The summed E-state index contributed by atoms with van der Waals surface area (Å²) in [6.45, 7) is -2.32. The number of phenolic OH excluding ortho intramolecular Hbond substituents is 1. The van der Waals surface area contributed by atoms with E-state index in [1.165, 1.54) is 12.1 Å². The number of carbonyl (C=O) groups excluding carboxylic acids is 7. The van der Waals surface area contributed by atoms with E-state index in [9.17, 15) is 54.0 Å². The number of amides is 7. The van der Waals surface area contributed by atoms with Crippen LogP contribution in [0.1, 0.15) is 11.1 Å². The fourth-order valence-electron chi connectivity index (χ4n) is 5.59. The maximum Gasteiger partial charge on any atom is 0.245 e. The summed E-state index contributed by atoms with van der Waals surface area (Å²) in [5, 5.41) is 54.6. The van der Waals surface area contributed by atoms with Crippen molar-refractivity contribution in [1.29, 1.82) is 0 Å². The van der Waals surface area contributed by atoms with E-state index in [2.05, 4.69) is 31.9 Å². The van der Waals surface area contributed by atoms with Gasteiger partial charge in [0.15, 0.2) is 6.29 Å². The van der Waals surface area contributed by atoms with Crippen LogP contribution in [-0.2, 0) is 55.9 Å². The summed E-state index contributed by atoms with van der Waals surface area (Å²) in [6.07, 6.45) is -6.29. The van der Waals surface area contributed by atoms with Crippen LogP contribution in [0.15, 0.2) is 54.6 Å². The van der Waals surface area contributed by atoms with Crippen LogP contribution in [0.25, 0.3) is 0 Å². The van der Waals surface area contributed by atoms with Gasteiger partial charge < -0.3 is 73.3 Å². The number of hydrogen-bond acceptors (Lipinski definition) is 16. The van der Waals surface area contributed by atoms with E-state index in [-0.39, 0.29) is 30.1 Å². The van der Waals surface area contributed by atoms with Crippen LogP contribution < -0.4 is 43.4 Å². The Morgan fingerprint density at radius 1 is 0.898 bits per heavy atom. The topological polar surface area (TPSA) is 343 Å². The zero-order valence-corrected chi connectivity index (χ0v) is 33.1. The molecule has 23 heteroatoms. The molecule has 0 aromatic heterocycles. The van der Waals surface area contributed by atoms with Gasteiger partial charge >= 0.3 is 0 Å². The summed E-state index contributed by atoms with van der Waals surface area (Å²) in [5.41, 5.74) is 12.6. The second-order valence-electron chi connectivity index (χ2n) is 13.5. The van der Waals surface area contributed by atoms with Gasteiger partial charge in [-0.25, -0.2) is 0 Å². The van der Waals surface area contributed by atoms with Crippen LogP contribution in [0.2, 0.25) is 0 Å². The molecule has 322 valence electrons. The highest BCUT2D eigenvalue weighted by Gasteiger charge is 2.39. The first-order chi connectivity index (χ1) is 28.1. The number of rotatable bonds is 14. The van der Waals surface area contributed by atoms with Crippen molar-refractivity contribution in [3.8, 4) is 5.75 Å². The highest BCUT2D eigenvalue weighted by atomic mass is 33.1. The van der Waals surface area contributed by atoms with E-state index in [1.54, 1.807) is 42.5 Å². The van der Waals surface area contributed by atoms with Gasteiger partial charge in [0.05, 0.1) is 32.3 Å². The molecular weight excluding hydrogens is 817 g/mol. The molecule has 1 unspecified atom stereocenters. The summed E-state index contributed by atoms with van der Waals surface area (Å²) in [5.74, 6) is -6.02. The van der Waals surface area contributed by atoms with Gasteiger partial charge in [0.25, 0.3) is 0 Å². The van der Waals surface area contributed by atoms with Crippen molar-refractivity contribution in [2.24, 2.45) is 11.5 Å². The predicted octanol–water partition coefficient (Wildman–Crippen LogP) is -4.99. The lowest BCUT2D eigenvalue weighted by Gasteiger charge is -2.35. The summed E-state index contributed by atoms with van der Waals surface area (Å²) in [4.78, 5) is 91.9. The maximum absolute atomic E-state index is 13.9. The Balaban J connectivity index is 1.54. The number of benzene rings is 2. The van der Waals surface area contributed by atoms with Gasteiger partial charge in [0.2, 0.25) is 41.4 Å². The van der Waals surface area contributed by atoms with Crippen LogP contribution in [0.5, 0.6) is 5.75 Å². The minimum atomic E-state index is -1.74. The quantitative estimate of drug-likeness (QED) is 0.0792. The Kier molecular flexibility index (Phi) is 18.2. The summed E-state index contributed by atoms with van der Waals surface area (Å²) < 4.78 is 10.7. The molecule has 7 amide bonds. The Morgan fingerprint density at radius 3 is 2.29 bits per heavy atom. The lowest BCUT2D eigenvalue weighted by atomic mass is 10.0. The van der Waals surface area contributed by atoms with E-state index in [0.29, 0.717) is 11.1 Å². The number of hydrogen-bond donors (Lipinski definition) is 12. The van der Waals surface area contributed by atoms with E-state index in [1.807, 2.05) is 0 Å². The van der Waals surface area contributed by atoms with E-state index in [0.717, 1.165) is 21.6 Å². The number of carbonyl (C=O) groups is 7. The molecule has 21 nitrogen and oxygen atoms in total. The first kappa shape index (κ1) is 46.7. The van der Waals surface area contributed by atoms with Crippen molar-refractivity contribution in [1.82, 2.24) is 31.9 Å². The second-order valence-corrected chi connectivity index (χ2v) is 16.1. The molecule has 2 saturated heterocycles. The molecule has 14 N–H and O–H groups in total. The largest absolute Gasteiger partial charge is 0.508 e. The average Bonchev–Trinajstić information content (AvgIpc) is 3.21. The Bertz CT molecular complexity index is 1780. The van der Waals surface area contributed by atoms with Crippen molar-refractivity contribution in [3.05, 3.63) is 65.7 Å². The number of primary amides is 1. The maximum atomic E-state index is 13.9. The number of nitrogens with one attached hydrogen (secondary N) is 6. The van der Waals surface area contributed by atoms with Crippen LogP contribution in [-0.4, -0.2) is 154 Å². The number of aliphatic hydroxyl groups is 3. The molecule has 2 aromatic rings. The van der Waals surface area contributed by atoms with Gasteiger partial charge in [-0.15, -0.1) is 0 Å². The highest BCUT2D eigenvalue weighted by molar-refractivity contribution is 8.76. The van der Waals surface area contributed by atoms with Crippen molar-refractivity contribution >= 4 is 62.9 Å². The first-order valence-electron chi connectivity index (χ1n) is 18.2. The van der Waals surface area contributed by atoms with Gasteiger partial charge in [-0.1, -0.05) is 64.1 Å². The standard InChI is InChI=1S/C36H48N8O13S2/c37-21(10-19-6-8-20(45)9-7-19)31(51)43-24-16-58-59-17-25(44-34(54)22(11-18-4-2-1-3-5-18)41-28(48)13-40-33(24)53)35(55)42-23(32(52)39-12-27(38)47)14-56-36-30(50)29(49)26(46)15-57-36/h1-9,21-26,29-30,36,45-46,49-50H,10-17,37H2,(H2,38,47)(H,39,52)(H,40,53)(H,41,48)(H,42,55)(H,43,51)(H,44,54)/t21-,22-,23-,24?,25+,26+,29-,30+,36+/m0/s1. The molecule has 4 rings (SSSR count). The minimum Gasteiger partial charge on any atom is -0.508 e. The van der Waals surface area contributed by atoms with Gasteiger partial charge in [-0.05, 0) is 29.7 Å². The van der Waals surface area contributed by atoms with E-state index < -0.39 is 122 Å². The van der Waals surface area contributed by atoms with Crippen LogP contribution in [0.3, 0.4) is 0 Å². The van der Waals surface area contributed by atoms with Crippen molar-refractivity contribution < 1.29 is 63.5 Å². The monoisotopic (exact) mass is 864 g/mol. The molecule has 0 spiro atoms. The molecule has 0 saturated carbocycles. The SMILES string of the molecule is NC(=O)CNC(=O)[C@H](CO[C@@H]1OC[C@@H](O)[C@H](O)[C@H]1O)NC(=O)[C@H]1CSSCC(NC(=O)[C@@H](N)Cc2ccc(O)cc2)C(=O)NCC(=O)N[C@@H](Cc2ccccc2)C(=O)N1. The predicted molar refractivity (Wildman–Crippen MR) is 211 cm³/mol.